The highest BCUT2D eigenvalue weighted by Gasteiger charge is 2.24. The Bertz CT molecular complexity index is 767. The minimum atomic E-state index is -3.46. The van der Waals surface area contributed by atoms with Crippen molar-refractivity contribution >= 4 is 21.7 Å². The van der Waals surface area contributed by atoms with E-state index in [9.17, 15) is 13.2 Å². The summed E-state index contributed by atoms with van der Waals surface area (Å²) >= 11 is 0. The number of benzene rings is 1. The third-order valence-electron chi connectivity index (χ3n) is 3.67. The van der Waals surface area contributed by atoms with Gasteiger partial charge in [-0.2, -0.15) is 4.99 Å². The fourth-order valence-corrected chi connectivity index (χ4v) is 3.62. The van der Waals surface area contributed by atoms with Gasteiger partial charge in [0.1, 0.15) is 0 Å². The van der Waals surface area contributed by atoms with Crippen molar-refractivity contribution < 1.29 is 13.2 Å². The fourth-order valence-electron chi connectivity index (χ4n) is 2.63. The molecule has 0 atom stereocenters. The Morgan fingerprint density at radius 2 is 1.82 bits per heavy atom. The Labute approximate surface area is 129 Å². The standard InChI is InChI=1S/C15H19N3O3S/c1-9-7-12(10-5-3-4-6-10)13(22(2,20)21)8-11(9)14(19)18-15(16)17/h3-4,7-8,10H,5-6H2,1-2H3,(H4,16,17,18,19). The molecule has 4 N–H and O–H groups in total. The van der Waals surface area contributed by atoms with Crippen LogP contribution in [0, 0.1) is 6.92 Å². The second-order valence-electron chi connectivity index (χ2n) is 5.46. The number of carbonyl (C=O) groups is 1. The summed E-state index contributed by atoms with van der Waals surface area (Å²) in [5.41, 5.74) is 12.0. The number of sulfone groups is 1. The average molecular weight is 321 g/mol. The highest BCUT2D eigenvalue weighted by Crippen LogP contribution is 2.35. The minimum Gasteiger partial charge on any atom is -0.370 e. The van der Waals surface area contributed by atoms with Gasteiger partial charge < -0.3 is 11.5 Å². The molecule has 0 aromatic heterocycles. The second-order valence-corrected chi connectivity index (χ2v) is 7.44. The maximum Gasteiger partial charge on any atom is 0.280 e. The molecule has 0 unspecified atom stereocenters. The van der Waals surface area contributed by atoms with Gasteiger partial charge in [-0.1, -0.05) is 18.2 Å². The summed E-state index contributed by atoms with van der Waals surface area (Å²) in [6.45, 7) is 1.74. The molecule has 0 bridgehead atoms. The lowest BCUT2D eigenvalue weighted by atomic mass is 9.93. The molecule has 1 aromatic rings. The predicted octanol–water partition coefficient (Wildman–Crippen LogP) is 1.25. The molecule has 1 amide bonds. The van der Waals surface area contributed by atoms with Crippen molar-refractivity contribution in [1.82, 2.24) is 0 Å². The summed E-state index contributed by atoms with van der Waals surface area (Å²) in [7, 11) is -3.46. The number of allylic oxidation sites excluding steroid dienone is 2. The first kappa shape index (κ1) is 16.2. The number of aliphatic imine (C=N–C) groups is 1. The number of aryl methyl sites for hydroxylation is 1. The van der Waals surface area contributed by atoms with Crippen LogP contribution in [0.2, 0.25) is 0 Å². The maximum atomic E-state index is 12.1. The van der Waals surface area contributed by atoms with Gasteiger partial charge in [0.15, 0.2) is 15.8 Å². The van der Waals surface area contributed by atoms with Gasteiger partial charge in [0.25, 0.3) is 5.91 Å². The Kier molecular flexibility index (Phi) is 4.37. The van der Waals surface area contributed by atoms with Gasteiger partial charge in [0, 0.05) is 11.8 Å². The number of rotatable bonds is 3. The van der Waals surface area contributed by atoms with Gasteiger partial charge in [-0.3, -0.25) is 4.79 Å². The van der Waals surface area contributed by atoms with Gasteiger partial charge in [0.2, 0.25) is 0 Å². The summed E-state index contributed by atoms with van der Waals surface area (Å²) < 4.78 is 24.2. The minimum absolute atomic E-state index is 0.121. The quantitative estimate of drug-likeness (QED) is 0.494. The van der Waals surface area contributed by atoms with Gasteiger partial charge in [0.05, 0.1) is 4.90 Å². The molecular formula is C15H19N3O3S. The van der Waals surface area contributed by atoms with Gasteiger partial charge in [-0.25, -0.2) is 8.42 Å². The highest BCUT2D eigenvalue weighted by molar-refractivity contribution is 7.90. The van der Waals surface area contributed by atoms with Crippen molar-refractivity contribution in [1.29, 1.82) is 0 Å². The fraction of sp³-hybridized carbons (Fsp3) is 0.333. The Morgan fingerprint density at radius 1 is 1.23 bits per heavy atom. The van der Waals surface area contributed by atoms with Gasteiger partial charge in [-0.05, 0) is 42.9 Å². The van der Waals surface area contributed by atoms with Crippen molar-refractivity contribution in [2.24, 2.45) is 16.5 Å². The molecule has 0 heterocycles. The van der Waals surface area contributed by atoms with Gasteiger partial charge in [-0.15, -0.1) is 0 Å². The maximum absolute atomic E-state index is 12.1. The number of hydrogen-bond donors (Lipinski definition) is 2. The lowest BCUT2D eigenvalue weighted by Crippen LogP contribution is -2.24. The number of nitrogens with zero attached hydrogens (tertiary/aromatic N) is 1. The SMILES string of the molecule is Cc1cc(C2CC=CC2)c(S(C)(=O)=O)cc1C(=O)N=C(N)N. The van der Waals surface area contributed by atoms with Crippen LogP contribution >= 0.6 is 0 Å². The van der Waals surface area contributed by atoms with Crippen LogP contribution < -0.4 is 11.5 Å². The van der Waals surface area contributed by atoms with Gasteiger partial charge >= 0.3 is 0 Å². The molecule has 6 nitrogen and oxygen atoms in total. The van der Waals surface area contributed by atoms with Crippen molar-refractivity contribution in [3.63, 3.8) is 0 Å². The molecule has 118 valence electrons. The third kappa shape index (κ3) is 3.36. The molecule has 0 saturated carbocycles. The van der Waals surface area contributed by atoms with Crippen LogP contribution in [-0.4, -0.2) is 26.5 Å². The van der Waals surface area contributed by atoms with E-state index in [0.29, 0.717) is 5.56 Å². The molecule has 2 rings (SSSR count). The summed E-state index contributed by atoms with van der Waals surface area (Å²) in [5.74, 6) is -0.872. The van der Waals surface area contributed by atoms with Crippen molar-refractivity contribution in [3.8, 4) is 0 Å². The van der Waals surface area contributed by atoms with Crippen LogP contribution in [0.5, 0.6) is 0 Å². The van der Waals surface area contributed by atoms with E-state index in [1.807, 2.05) is 12.2 Å². The van der Waals surface area contributed by atoms with E-state index in [0.717, 1.165) is 24.7 Å². The summed E-state index contributed by atoms with van der Waals surface area (Å²) in [5, 5.41) is 0. The van der Waals surface area contributed by atoms with Crippen LogP contribution in [-0.2, 0) is 9.84 Å². The van der Waals surface area contributed by atoms with Crippen molar-refractivity contribution in [3.05, 3.63) is 41.0 Å². The topological polar surface area (TPSA) is 116 Å². The normalized spacial score (nSPS) is 15.0. The number of hydrogen-bond acceptors (Lipinski definition) is 3. The average Bonchev–Trinajstić information content (AvgIpc) is 2.89. The molecule has 0 spiro atoms. The summed E-state index contributed by atoms with van der Waals surface area (Å²) in [6.07, 6.45) is 6.79. The first-order chi connectivity index (χ1) is 10.2. The number of carbonyl (C=O) groups excluding carboxylic acids is 1. The smallest absolute Gasteiger partial charge is 0.280 e. The molecule has 22 heavy (non-hydrogen) atoms. The molecular weight excluding hydrogens is 302 g/mol. The largest absolute Gasteiger partial charge is 0.370 e. The zero-order valence-electron chi connectivity index (χ0n) is 12.5. The lowest BCUT2D eigenvalue weighted by molar-refractivity contribution is 0.100. The molecule has 1 aromatic carbocycles. The molecule has 0 fully saturated rings. The highest BCUT2D eigenvalue weighted by atomic mass is 32.2. The van der Waals surface area contributed by atoms with E-state index < -0.39 is 15.7 Å². The Balaban J connectivity index is 2.61. The molecule has 0 radical (unpaired) electrons. The lowest BCUT2D eigenvalue weighted by Gasteiger charge is -2.17. The summed E-state index contributed by atoms with van der Waals surface area (Å²) in [4.78, 5) is 15.7. The first-order valence-corrected chi connectivity index (χ1v) is 8.73. The van der Waals surface area contributed by atoms with Crippen LogP contribution in [0.3, 0.4) is 0 Å². The zero-order valence-corrected chi connectivity index (χ0v) is 13.4. The first-order valence-electron chi connectivity index (χ1n) is 6.83. The number of guanidine groups is 1. The second kappa shape index (κ2) is 5.92. The number of nitrogens with two attached hydrogens (primary N) is 2. The number of amides is 1. The van der Waals surface area contributed by atoms with E-state index in [1.54, 1.807) is 13.0 Å². The van der Waals surface area contributed by atoms with Crippen LogP contribution in [0.15, 0.2) is 34.2 Å². The molecule has 1 aliphatic rings. The van der Waals surface area contributed by atoms with E-state index in [-0.39, 0.29) is 22.3 Å². The monoisotopic (exact) mass is 321 g/mol. The van der Waals surface area contributed by atoms with Crippen LogP contribution in [0.25, 0.3) is 0 Å². The van der Waals surface area contributed by atoms with Crippen LogP contribution in [0.1, 0.15) is 40.2 Å². The molecule has 1 aliphatic carbocycles. The van der Waals surface area contributed by atoms with E-state index >= 15 is 0 Å². The van der Waals surface area contributed by atoms with E-state index in [2.05, 4.69) is 4.99 Å². The molecule has 7 heteroatoms. The van der Waals surface area contributed by atoms with Crippen molar-refractivity contribution in [2.75, 3.05) is 6.26 Å². The predicted molar refractivity (Wildman–Crippen MR) is 85.5 cm³/mol. The van der Waals surface area contributed by atoms with Crippen LogP contribution in [0.4, 0.5) is 0 Å². The van der Waals surface area contributed by atoms with Crippen molar-refractivity contribution in [2.45, 2.75) is 30.6 Å². The zero-order chi connectivity index (χ0) is 16.5. The Hall–Kier alpha value is -2.15. The summed E-state index contributed by atoms with van der Waals surface area (Å²) in [6, 6.07) is 3.14. The molecule has 0 saturated heterocycles. The van der Waals surface area contributed by atoms with E-state index in [1.165, 1.54) is 6.07 Å². The van der Waals surface area contributed by atoms with E-state index in [4.69, 9.17) is 11.5 Å². The molecule has 0 aliphatic heterocycles. The Morgan fingerprint density at radius 3 is 2.32 bits per heavy atom. The third-order valence-corrected chi connectivity index (χ3v) is 4.82.